The number of nitrogens with zero attached hydrogens (tertiary/aromatic N) is 1. The van der Waals surface area contributed by atoms with E-state index in [1.54, 1.807) is 0 Å². The first-order valence-electron chi connectivity index (χ1n) is 4.65. The Balaban J connectivity index is 2.58. The molecule has 0 aliphatic heterocycles. The standard InChI is InChI=1S/C10H18N2O/c1-8(7-13)5-12-4-3-10(6-12)9(2)11/h3-4,6,8-9,13H,5,7,11H2,1-2H3. The fourth-order valence-corrected chi connectivity index (χ4v) is 1.26. The van der Waals surface area contributed by atoms with Crippen LogP contribution >= 0.6 is 0 Å². The molecule has 1 heterocycles. The normalized spacial score (nSPS) is 15.7. The minimum Gasteiger partial charge on any atom is -0.396 e. The molecule has 3 N–H and O–H groups in total. The zero-order chi connectivity index (χ0) is 9.84. The van der Waals surface area contributed by atoms with Crippen molar-refractivity contribution in [3.05, 3.63) is 24.0 Å². The molecule has 2 unspecified atom stereocenters. The van der Waals surface area contributed by atoms with Gasteiger partial charge in [0.15, 0.2) is 0 Å². The lowest BCUT2D eigenvalue weighted by atomic mass is 10.2. The number of hydrogen-bond acceptors (Lipinski definition) is 2. The molecule has 0 spiro atoms. The van der Waals surface area contributed by atoms with E-state index in [4.69, 9.17) is 10.8 Å². The molecule has 0 saturated heterocycles. The molecule has 0 aromatic carbocycles. The summed E-state index contributed by atoms with van der Waals surface area (Å²) in [5.74, 6) is 0.299. The van der Waals surface area contributed by atoms with E-state index in [1.807, 2.05) is 32.3 Å². The summed E-state index contributed by atoms with van der Waals surface area (Å²) in [6.07, 6.45) is 4.04. The number of aromatic nitrogens is 1. The van der Waals surface area contributed by atoms with E-state index in [9.17, 15) is 0 Å². The van der Waals surface area contributed by atoms with Crippen molar-refractivity contribution >= 4 is 0 Å². The third-order valence-corrected chi connectivity index (χ3v) is 2.13. The molecule has 3 nitrogen and oxygen atoms in total. The Morgan fingerprint density at radius 1 is 1.54 bits per heavy atom. The maximum Gasteiger partial charge on any atom is 0.0473 e. The Kier molecular flexibility index (Phi) is 3.51. The number of nitrogens with two attached hydrogens (primary N) is 1. The third-order valence-electron chi connectivity index (χ3n) is 2.13. The number of hydrogen-bond donors (Lipinski definition) is 2. The summed E-state index contributed by atoms with van der Waals surface area (Å²) in [7, 11) is 0. The van der Waals surface area contributed by atoms with E-state index in [0.29, 0.717) is 5.92 Å². The quantitative estimate of drug-likeness (QED) is 0.733. The molecule has 0 amide bonds. The first kappa shape index (κ1) is 10.3. The fourth-order valence-electron chi connectivity index (χ4n) is 1.26. The highest BCUT2D eigenvalue weighted by molar-refractivity contribution is 5.13. The van der Waals surface area contributed by atoms with Gasteiger partial charge in [-0.2, -0.15) is 0 Å². The van der Waals surface area contributed by atoms with Crippen LogP contribution in [0.2, 0.25) is 0 Å². The molecular formula is C10H18N2O. The summed E-state index contributed by atoms with van der Waals surface area (Å²) in [6, 6.07) is 2.11. The molecule has 3 heteroatoms. The summed E-state index contributed by atoms with van der Waals surface area (Å²) < 4.78 is 2.07. The minimum absolute atomic E-state index is 0.0886. The molecule has 13 heavy (non-hydrogen) atoms. The van der Waals surface area contributed by atoms with Crippen molar-refractivity contribution < 1.29 is 5.11 Å². The molecule has 0 bridgehead atoms. The van der Waals surface area contributed by atoms with Gasteiger partial charge in [0.25, 0.3) is 0 Å². The van der Waals surface area contributed by atoms with E-state index >= 15 is 0 Å². The summed E-state index contributed by atoms with van der Waals surface area (Å²) in [5.41, 5.74) is 6.87. The Hall–Kier alpha value is -0.800. The van der Waals surface area contributed by atoms with Crippen LogP contribution in [0.1, 0.15) is 25.5 Å². The molecular weight excluding hydrogens is 164 g/mol. The van der Waals surface area contributed by atoms with Gasteiger partial charge in [-0.05, 0) is 24.5 Å². The maximum atomic E-state index is 8.87. The lowest BCUT2D eigenvalue weighted by Gasteiger charge is -2.08. The van der Waals surface area contributed by atoms with Crippen molar-refractivity contribution in [1.82, 2.24) is 4.57 Å². The zero-order valence-corrected chi connectivity index (χ0v) is 8.27. The molecule has 74 valence electrons. The maximum absolute atomic E-state index is 8.87. The van der Waals surface area contributed by atoms with Gasteiger partial charge in [0, 0.05) is 31.6 Å². The van der Waals surface area contributed by atoms with E-state index in [1.165, 1.54) is 0 Å². The van der Waals surface area contributed by atoms with Crippen molar-refractivity contribution in [1.29, 1.82) is 0 Å². The summed E-state index contributed by atoms with van der Waals surface area (Å²) >= 11 is 0. The van der Waals surface area contributed by atoms with Crippen molar-refractivity contribution in [2.45, 2.75) is 26.4 Å². The van der Waals surface area contributed by atoms with E-state index in [0.717, 1.165) is 12.1 Å². The molecule has 2 atom stereocenters. The van der Waals surface area contributed by atoms with Crippen molar-refractivity contribution in [2.24, 2.45) is 11.7 Å². The average Bonchev–Trinajstić information content (AvgIpc) is 2.52. The Morgan fingerprint density at radius 2 is 2.23 bits per heavy atom. The van der Waals surface area contributed by atoms with Crippen LogP contribution in [-0.2, 0) is 6.54 Å². The molecule has 0 saturated carbocycles. The van der Waals surface area contributed by atoms with Gasteiger partial charge in [-0.3, -0.25) is 0 Å². The monoisotopic (exact) mass is 182 g/mol. The molecule has 1 aromatic rings. The molecule has 0 fully saturated rings. The second-order valence-electron chi connectivity index (χ2n) is 3.72. The van der Waals surface area contributed by atoms with Gasteiger partial charge < -0.3 is 15.4 Å². The van der Waals surface area contributed by atoms with Crippen LogP contribution in [0, 0.1) is 5.92 Å². The van der Waals surface area contributed by atoms with Crippen LogP contribution in [0.15, 0.2) is 18.5 Å². The first-order valence-corrected chi connectivity index (χ1v) is 4.65. The predicted molar refractivity (Wildman–Crippen MR) is 53.3 cm³/mol. The second-order valence-corrected chi connectivity index (χ2v) is 3.72. The van der Waals surface area contributed by atoms with Gasteiger partial charge in [0.2, 0.25) is 0 Å². The van der Waals surface area contributed by atoms with Crippen molar-refractivity contribution in [3.63, 3.8) is 0 Å². The van der Waals surface area contributed by atoms with E-state index in [-0.39, 0.29) is 12.6 Å². The molecule has 0 radical (unpaired) electrons. The molecule has 0 aliphatic rings. The Labute approximate surface area is 79.2 Å². The van der Waals surface area contributed by atoms with Gasteiger partial charge in [-0.25, -0.2) is 0 Å². The van der Waals surface area contributed by atoms with Gasteiger partial charge in [0.1, 0.15) is 0 Å². The lowest BCUT2D eigenvalue weighted by molar-refractivity contribution is 0.223. The SMILES string of the molecule is CC(CO)Cn1ccc(C(C)N)c1. The van der Waals surface area contributed by atoms with Crippen LogP contribution in [0.5, 0.6) is 0 Å². The van der Waals surface area contributed by atoms with Crippen LogP contribution in [-0.4, -0.2) is 16.3 Å². The number of aliphatic hydroxyl groups is 1. The number of rotatable bonds is 4. The van der Waals surface area contributed by atoms with E-state index in [2.05, 4.69) is 4.57 Å². The third kappa shape index (κ3) is 2.86. The number of aliphatic hydroxyl groups excluding tert-OH is 1. The van der Waals surface area contributed by atoms with Crippen LogP contribution < -0.4 is 5.73 Å². The van der Waals surface area contributed by atoms with Crippen molar-refractivity contribution in [2.75, 3.05) is 6.61 Å². The predicted octanol–water partition coefficient (Wildman–Crippen LogP) is 1.14. The molecule has 1 aromatic heterocycles. The van der Waals surface area contributed by atoms with Crippen LogP contribution in [0.3, 0.4) is 0 Å². The lowest BCUT2D eigenvalue weighted by Crippen LogP contribution is -2.10. The first-order chi connectivity index (χ1) is 6.13. The topological polar surface area (TPSA) is 51.2 Å². The summed E-state index contributed by atoms with van der Waals surface area (Å²) in [6.45, 7) is 5.07. The fraction of sp³-hybridized carbons (Fsp3) is 0.600. The van der Waals surface area contributed by atoms with Gasteiger partial charge in [-0.1, -0.05) is 6.92 Å². The Morgan fingerprint density at radius 3 is 2.69 bits per heavy atom. The second kappa shape index (κ2) is 4.44. The smallest absolute Gasteiger partial charge is 0.0473 e. The van der Waals surface area contributed by atoms with Gasteiger partial charge in [-0.15, -0.1) is 0 Å². The Bertz CT molecular complexity index is 255. The average molecular weight is 182 g/mol. The molecule has 0 aliphatic carbocycles. The highest BCUT2D eigenvalue weighted by Gasteiger charge is 2.04. The zero-order valence-electron chi connectivity index (χ0n) is 8.27. The van der Waals surface area contributed by atoms with E-state index < -0.39 is 0 Å². The highest BCUT2D eigenvalue weighted by Crippen LogP contribution is 2.10. The summed E-state index contributed by atoms with van der Waals surface area (Å²) in [5, 5.41) is 8.87. The van der Waals surface area contributed by atoms with Crippen LogP contribution in [0.25, 0.3) is 0 Å². The largest absolute Gasteiger partial charge is 0.396 e. The van der Waals surface area contributed by atoms with Crippen molar-refractivity contribution in [3.8, 4) is 0 Å². The molecule has 1 rings (SSSR count). The summed E-state index contributed by atoms with van der Waals surface area (Å²) in [4.78, 5) is 0. The van der Waals surface area contributed by atoms with Gasteiger partial charge >= 0.3 is 0 Å². The minimum atomic E-state index is 0.0886. The van der Waals surface area contributed by atoms with Crippen LogP contribution in [0.4, 0.5) is 0 Å². The highest BCUT2D eigenvalue weighted by atomic mass is 16.3. The van der Waals surface area contributed by atoms with Gasteiger partial charge in [0.05, 0.1) is 0 Å².